The number of amides is 2. The molecule has 12 heteroatoms. The lowest BCUT2D eigenvalue weighted by atomic mass is 9.94. The molecule has 0 spiro atoms. The molecule has 0 radical (unpaired) electrons. The summed E-state index contributed by atoms with van der Waals surface area (Å²) in [4.78, 5) is 29.4. The van der Waals surface area contributed by atoms with Gasteiger partial charge in [0.15, 0.2) is 5.82 Å². The predicted molar refractivity (Wildman–Crippen MR) is 151 cm³/mol. The molecule has 40 heavy (non-hydrogen) atoms. The van der Waals surface area contributed by atoms with Crippen LogP contribution in [0, 0.1) is 13.8 Å². The summed E-state index contributed by atoms with van der Waals surface area (Å²) in [7, 11) is 0. The van der Waals surface area contributed by atoms with Gasteiger partial charge in [-0.3, -0.25) is 19.4 Å². The van der Waals surface area contributed by atoms with Gasteiger partial charge in [-0.2, -0.15) is 19.0 Å². The number of fused-ring (bicyclic) bond motifs is 1. The normalized spacial score (nSPS) is 18.1. The second-order valence-corrected chi connectivity index (χ2v) is 11.6. The number of aromatic nitrogens is 4. The molecule has 0 saturated carbocycles. The number of likely N-dealkylation sites (tertiary alicyclic amines) is 1. The van der Waals surface area contributed by atoms with Crippen LogP contribution in [0.25, 0.3) is 22.0 Å². The maximum atomic E-state index is 13.3. The van der Waals surface area contributed by atoms with E-state index in [1.54, 1.807) is 11.1 Å². The molecule has 0 unspecified atom stereocenters. The van der Waals surface area contributed by atoms with Crippen LogP contribution in [0.4, 0.5) is 14.6 Å². The molecule has 2 fully saturated rings. The lowest BCUT2D eigenvalue weighted by Crippen LogP contribution is -2.61. The number of aryl methyl sites for hydroxylation is 1. The molecule has 1 N–H and O–H groups in total. The molecule has 2 amide bonds. The first kappa shape index (κ1) is 28.1. The Hall–Kier alpha value is -3.47. The van der Waals surface area contributed by atoms with E-state index >= 15 is 0 Å². The van der Waals surface area contributed by atoms with E-state index in [4.69, 9.17) is 16.7 Å². The number of anilines is 1. The number of benzene rings is 1. The van der Waals surface area contributed by atoms with Crippen molar-refractivity contribution in [3.05, 3.63) is 41.2 Å². The minimum Gasteiger partial charge on any atom is -0.346 e. The van der Waals surface area contributed by atoms with Gasteiger partial charge in [0.2, 0.25) is 5.91 Å². The van der Waals surface area contributed by atoms with Crippen LogP contribution in [0.15, 0.2) is 24.9 Å². The van der Waals surface area contributed by atoms with Crippen LogP contribution in [0.5, 0.6) is 0 Å². The van der Waals surface area contributed by atoms with Gasteiger partial charge in [-0.25, -0.2) is 0 Å². The maximum absolute atomic E-state index is 13.3. The van der Waals surface area contributed by atoms with Crippen molar-refractivity contribution in [3.8, 4) is 11.1 Å². The Bertz CT molecular complexity index is 1470. The molecule has 2 aliphatic heterocycles. The highest BCUT2D eigenvalue weighted by atomic mass is 35.5. The molecule has 4 heterocycles. The second-order valence-electron chi connectivity index (χ2n) is 11.2. The summed E-state index contributed by atoms with van der Waals surface area (Å²) < 4.78 is 28.5. The molecular weight excluding hydrogens is 540 g/mol. The van der Waals surface area contributed by atoms with Gasteiger partial charge in [0, 0.05) is 54.9 Å². The van der Waals surface area contributed by atoms with Crippen LogP contribution >= 0.6 is 11.6 Å². The zero-order chi connectivity index (χ0) is 28.9. The lowest BCUT2D eigenvalue weighted by Gasteiger charge is -2.47. The molecule has 3 aromatic rings. The average Bonchev–Trinajstić information content (AvgIpc) is 3.52. The monoisotopic (exact) mass is 573 g/mol. The zero-order valence-electron chi connectivity index (χ0n) is 23.2. The van der Waals surface area contributed by atoms with E-state index < -0.39 is 17.9 Å². The highest BCUT2D eigenvalue weighted by Crippen LogP contribution is 2.46. The van der Waals surface area contributed by atoms with Gasteiger partial charge in [0.05, 0.1) is 28.3 Å². The maximum Gasteiger partial charge on any atom is 0.315 e. The van der Waals surface area contributed by atoms with Crippen molar-refractivity contribution >= 4 is 40.1 Å². The zero-order valence-corrected chi connectivity index (χ0v) is 23.9. The highest BCUT2D eigenvalue weighted by molar-refractivity contribution is 6.36. The van der Waals surface area contributed by atoms with Gasteiger partial charge in [-0.15, -0.1) is 0 Å². The van der Waals surface area contributed by atoms with Gasteiger partial charge in [0.1, 0.15) is 0 Å². The number of H-pyrrole nitrogens is 1. The van der Waals surface area contributed by atoms with Crippen LogP contribution in [-0.4, -0.2) is 86.3 Å². The molecule has 2 aromatic heterocycles. The van der Waals surface area contributed by atoms with Gasteiger partial charge < -0.3 is 14.7 Å². The number of nitrogens with one attached hydrogen (secondary N) is 1. The second kappa shape index (κ2) is 10.5. The minimum absolute atomic E-state index is 0.0506. The summed E-state index contributed by atoms with van der Waals surface area (Å²) in [6.45, 7) is 13.2. The van der Waals surface area contributed by atoms with E-state index in [0.717, 1.165) is 46.1 Å². The number of rotatable bonds is 5. The molecule has 0 bridgehead atoms. The van der Waals surface area contributed by atoms with Gasteiger partial charge in [-0.1, -0.05) is 18.2 Å². The third-order valence-electron chi connectivity index (χ3n) is 8.20. The van der Waals surface area contributed by atoms with Crippen molar-refractivity contribution in [1.29, 1.82) is 0 Å². The Balaban J connectivity index is 1.63. The fourth-order valence-electron chi connectivity index (χ4n) is 6.12. The van der Waals surface area contributed by atoms with Crippen LogP contribution in [0.3, 0.4) is 0 Å². The summed E-state index contributed by atoms with van der Waals surface area (Å²) >= 11 is 7.00. The molecular formula is C28H34ClF2N7O2. The molecule has 214 valence electrons. The number of hydrogen-bond donors (Lipinski definition) is 1. The fourth-order valence-corrected chi connectivity index (χ4v) is 6.37. The van der Waals surface area contributed by atoms with E-state index in [-0.39, 0.29) is 25.0 Å². The van der Waals surface area contributed by atoms with E-state index in [0.29, 0.717) is 30.5 Å². The van der Waals surface area contributed by atoms with E-state index in [1.165, 1.54) is 11.0 Å². The Labute approximate surface area is 236 Å². The summed E-state index contributed by atoms with van der Waals surface area (Å²) in [6, 6.07) is 2.01. The fraction of sp³-hybridized carbons (Fsp3) is 0.500. The minimum atomic E-state index is -3.04. The van der Waals surface area contributed by atoms with Crippen LogP contribution in [0.1, 0.15) is 44.0 Å². The standard InChI is InChI=1S/C28H34ClF2N7O2/c1-6-21(39)35-9-7-18(8-10-35)38-17(3)22(23-19-14-32-33-20(19)13-16(2)24(23)29)26(34-38)37-12-11-36(15-28(37,4)5)27(40)25(30)31/h6,13-14,18,25H,1,7-12,15H2,2-5H3,(H,32,33). The number of hydrogen-bond acceptors (Lipinski definition) is 5. The summed E-state index contributed by atoms with van der Waals surface area (Å²) in [5.41, 5.74) is 3.62. The third kappa shape index (κ3) is 4.74. The first-order valence-corrected chi connectivity index (χ1v) is 13.8. The Morgan fingerprint density at radius 2 is 1.85 bits per heavy atom. The van der Waals surface area contributed by atoms with E-state index in [9.17, 15) is 18.4 Å². The molecule has 2 aliphatic rings. The molecule has 0 atom stereocenters. The number of piperazine rings is 1. The molecule has 5 rings (SSSR count). The average molecular weight is 574 g/mol. The van der Waals surface area contributed by atoms with Crippen molar-refractivity contribution in [2.75, 3.05) is 37.6 Å². The topological polar surface area (TPSA) is 90.4 Å². The van der Waals surface area contributed by atoms with Gasteiger partial charge in [-0.05, 0) is 58.2 Å². The van der Waals surface area contributed by atoms with Gasteiger partial charge in [0.25, 0.3) is 5.91 Å². The van der Waals surface area contributed by atoms with Crippen LogP contribution in [-0.2, 0) is 9.59 Å². The van der Waals surface area contributed by atoms with Crippen molar-refractivity contribution in [2.45, 2.75) is 58.5 Å². The van der Waals surface area contributed by atoms with Crippen LogP contribution in [0.2, 0.25) is 5.02 Å². The first-order valence-electron chi connectivity index (χ1n) is 13.4. The van der Waals surface area contributed by atoms with Crippen molar-refractivity contribution in [3.63, 3.8) is 0 Å². The Morgan fingerprint density at radius 3 is 2.48 bits per heavy atom. The molecule has 0 aliphatic carbocycles. The van der Waals surface area contributed by atoms with Crippen molar-refractivity contribution in [1.82, 2.24) is 29.8 Å². The number of carbonyl (C=O) groups is 2. The van der Waals surface area contributed by atoms with Crippen molar-refractivity contribution < 1.29 is 18.4 Å². The summed E-state index contributed by atoms with van der Waals surface area (Å²) in [5.74, 6) is -0.549. The Morgan fingerprint density at radius 1 is 1.15 bits per heavy atom. The number of aromatic amines is 1. The Kier molecular flexibility index (Phi) is 7.37. The van der Waals surface area contributed by atoms with E-state index in [1.807, 2.05) is 38.4 Å². The van der Waals surface area contributed by atoms with Gasteiger partial charge >= 0.3 is 6.43 Å². The molecule has 9 nitrogen and oxygen atoms in total. The smallest absolute Gasteiger partial charge is 0.315 e. The number of carbonyl (C=O) groups excluding carboxylic acids is 2. The first-order chi connectivity index (χ1) is 18.9. The van der Waals surface area contributed by atoms with E-state index in [2.05, 4.69) is 21.7 Å². The molecule has 1 aromatic carbocycles. The van der Waals surface area contributed by atoms with Crippen LogP contribution < -0.4 is 4.90 Å². The quantitative estimate of drug-likeness (QED) is 0.445. The summed E-state index contributed by atoms with van der Waals surface area (Å²) in [5, 5.41) is 13.9. The largest absolute Gasteiger partial charge is 0.346 e. The number of nitrogens with zero attached hydrogens (tertiary/aromatic N) is 6. The third-order valence-corrected chi connectivity index (χ3v) is 8.69. The number of piperidine rings is 1. The SMILES string of the molecule is C=CC(=O)N1CCC(n2nc(N3CCN(C(=O)C(F)F)CC3(C)C)c(-c3c(Cl)c(C)cc4[nH]ncc34)c2C)CC1. The van der Waals surface area contributed by atoms with Crippen molar-refractivity contribution in [2.24, 2.45) is 0 Å². The number of alkyl halides is 2. The number of halogens is 3. The highest BCUT2D eigenvalue weighted by Gasteiger charge is 2.41. The summed E-state index contributed by atoms with van der Waals surface area (Å²) in [6.07, 6.45) is 1.50. The molecule has 2 saturated heterocycles. The predicted octanol–water partition coefficient (Wildman–Crippen LogP) is 4.74. The lowest BCUT2D eigenvalue weighted by molar-refractivity contribution is -0.144.